The van der Waals surface area contributed by atoms with Crippen LogP contribution in [0.5, 0.6) is 0 Å². The summed E-state index contributed by atoms with van der Waals surface area (Å²) in [6.07, 6.45) is 3.49. The van der Waals surface area contributed by atoms with Crippen LogP contribution in [0.25, 0.3) is 0 Å². The zero-order valence-corrected chi connectivity index (χ0v) is 23.1. The average Bonchev–Trinajstić information content (AvgIpc) is 3.29. The zero-order chi connectivity index (χ0) is 24.6. The van der Waals surface area contributed by atoms with Crippen molar-refractivity contribution < 1.29 is 0 Å². The summed E-state index contributed by atoms with van der Waals surface area (Å²) in [7, 11) is 0. The van der Waals surface area contributed by atoms with Crippen molar-refractivity contribution >= 4 is 21.7 Å². The van der Waals surface area contributed by atoms with Gasteiger partial charge < -0.3 is 4.90 Å². The normalized spacial score (nSPS) is 19.1. The van der Waals surface area contributed by atoms with Crippen LogP contribution in [0.4, 0.5) is 5.82 Å². The highest BCUT2D eigenvalue weighted by Gasteiger charge is 2.46. The lowest BCUT2D eigenvalue weighted by Gasteiger charge is -2.47. The lowest BCUT2D eigenvalue weighted by atomic mass is 9.84. The van der Waals surface area contributed by atoms with Crippen LogP contribution in [-0.4, -0.2) is 28.5 Å². The maximum absolute atomic E-state index is 5.08. The van der Waals surface area contributed by atoms with Gasteiger partial charge in [0.15, 0.2) is 0 Å². The minimum Gasteiger partial charge on any atom is -0.345 e. The lowest BCUT2D eigenvalue weighted by Crippen LogP contribution is -2.53. The number of halogens is 1. The predicted octanol–water partition coefficient (Wildman–Crippen LogP) is 7.80. The topological polar surface area (TPSA) is 19.4 Å². The molecule has 182 valence electrons. The fourth-order valence-electron chi connectivity index (χ4n) is 5.10. The van der Waals surface area contributed by atoms with Gasteiger partial charge in [0.25, 0.3) is 0 Å². The van der Waals surface area contributed by atoms with Gasteiger partial charge in [-0.3, -0.25) is 4.90 Å². The molecule has 0 amide bonds. The van der Waals surface area contributed by atoms with Crippen molar-refractivity contribution in [3.8, 4) is 0 Å². The molecule has 0 N–H and O–H groups in total. The Bertz CT molecular complexity index is 1020. The standard InChI is InChI=1S/C26H28BrN3.2C2H6/c1-20-24(27)16-23-12-13-26(14-15-29(19-26)17-21-8-4-2-5-9-21)30(25(23)28-20)18-22-10-6-3-7-11-22;2*1-2/h2-11,16H,12-15,17-19H2,1H3;2*1-2H3. The first-order chi connectivity index (χ1) is 16.6. The van der Waals surface area contributed by atoms with Crippen molar-refractivity contribution in [3.63, 3.8) is 0 Å². The number of anilines is 1. The fourth-order valence-corrected chi connectivity index (χ4v) is 5.47. The van der Waals surface area contributed by atoms with Crippen LogP contribution >= 0.6 is 15.9 Å². The van der Waals surface area contributed by atoms with Crippen LogP contribution in [0.1, 0.15) is 62.9 Å². The highest BCUT2D eigenvalue weighted by molar-refractivity contribution is 9.10. The van der Waals surface area contributed by atoms with Crippen LogP contribution in [0, 0.1) is 6.92 Å². The third-order valence-corrected chi connectivity index (χ3v) is 7.54. The number of nitrogens with zero attached hydrogens (tertiary/aromatic N) is 3. The summed E-state index contributed by atoms with van der Waals surface area (Å²) in [5, 5.41) is 0. The number of pyridine rings is 1. The second-order valence-electron chi connectivity index (χ2n) is 8.78. The third-order valence-electron chi connectivity index (χ3n) is 6.74. The first-order valence-electron chi connectivity index (χ1n) is 12.9. The molecule has 0 aliphatic carbocycles. The molecule has 1 saturated heterocycles. The molecule has 2 aliphatic heterocycles. The van der Waals surface area contributed by atoms with Gasteiger partial charge in [0.2, 0.25) is 0 Å². The summed E-state index contributed by atoms with van der Waals surface area (Å²) in [6, 6.07) is 24.0. The number of hydrogen-bond acceptors (Lipinski definition) is 3. The third kappa shape index (κ3) is 5.90. The highest BCUT2D eigenvalue weighted by atomic mass is 79.9. The van der Waals surface area contributed by atoms with E-state index in [9.17, 15) is 0 Å². The number of benzene rings is 2. The Morgan fingerprint density at radius 3 is 2.06 bits per heavy atom. The largest absolute Gasteiger partial charge is 0.345 e. The second-order valence-corrected chi connectivity index (χ2v) is 9.64. The molecule has 34 heavy (non-hydrogen) atoms. The van der Waals surface area contributed by atoms with E-state index in [1.807, 2.05) is 27.7 Å². The zero-order valence-electron chi connectivity index (χ0n) is 21.5. The number of hydrogen-bond donors (Lipinski definition) is 0. The van der Waals surface area contributed by atoms with Crippen molar-refractivity contribution in [2.75, 3.05) is 18.0 Å². The first kappa shape index (κ1) is 26.4. The first-order valence-corrected chi connectivity index (χ1v) is 13.7. The van der Waals surface area contributed by atoms with E-state index in [1.54, 1.807) is 0 Å². The molecule has 3 heterocycles. The number of aryl methyl sites for hydroxylation is 2. The average molecular weight is 523 g/mol. The highest BCUT2D eigenvalue weighted by Crippen LogP contribution is 2.43. The van der Waals surface area contributed by atoms with Gasteiger partial charge in [0, 0.05) is 30.7 Å². The lowest BCUT2D eigenvalue weighted by molar-refractivity contribution is 0.280. The van der Waals surface area contributed by atoms with Crippen LogP contribution in [0.2, 0.25) is 0 Å². The molecule has 1 aromatic heterocycles. The molecule has 3 nitrogen and oxygen atoms in total. The number of rotatable bonds is 4. The second kappa shape index (κ2) is 12.5. The Labute approximate surface area is 215 Å². The molecule has 2 aliphatic rings. The van der Waals surface area contributed by atoms with E-state index in [-0.39, 0.29) is 5.54 Å². The molecule has 1 unspecified atom stereocenters. The predicted molar refractivity (Wildman–Crippen MR) is 149 cm³/mol. The van der Waals surface area contributed by atoms with Crippen LogP contribution in [0.15, 0.2) is 71.2 Å². The van der Waals surface area contributed by atoms with Gasteiger partial charge in [-0.25, -0.2) is 4.98 Å². The quantitative estimate of drug-likeness (QED) is 0.349. The minimum atomic E-state index is 0.158. The van der Waals surface area contributed by atoms with E-state index in [4.69, 9.17) is 4.98 Å². The molecule has 4 heteroatoms. The molecular formula is C30H40BrN3. The van der Waals surface area contributed by atoms with Crippen molar-refractivity contribution in [3.05, 3.63) is 93.6 Å². The van der Waals surface area contributed by atoms with E-state index in [0.29, 0.717) is 0 Å². The molecule has 1 atom stereocenters. The van der Waals surface area contributed by atoms with E-state index < -0.39 is 0 Å². The number of fused-ring (bicyclic) bond motifs is 1. The van der Waals surface area contributed by atoms with Crippen molar-refractivity contribution in [2.45, 2.75) is 72.5 Å². The van der Waals surface area contributed by atoms with Gasteiger partial charge in [-0.2, -0.15) is 0 Å². The maximum Gasteiger partial charge on any atom is 0.132 e. The van der Waals surface area contributed by atoms with Crippen LogP contribution in [-0.2, 0) is 19.5 Å². The Morgan fingerprint density at radius 1 is 0.853 bits per heavy atom. The van der Waals surface area contributed by atoms with Gasteiger partial charge in [0.05, 0.1) is 11.2 Å². The van der Waals surface area contributed by atoms with Crippen molar-refractivity contribution in [1.82, 2.24) is 9.88 Å². The summed E-state index contributed by atoms with van der Waals surface area (Å²) in [6.45, 7) is 14.3. The van der Waals surface area contributed by atoms with Gasteiger partial charge in [-0.05, 0) is 64.9 Å². The van der Waals surface area contributed by atoms with Gasteiger partial charge in [0.1, 0.15) is 5.82 Å². The molecule has 1 spiro atoms. The Balaban J connectivity index is 0.000000771. The molecule has 1 fully saturated rings. The molecule has 3 aromatic rings. The summed E-state index contributed by atoms with van der Waals surface area (Å²) < 4.78 is 1.12. The molecule has 2 aromatic carbocycles. The Hall–Kier alpha value is -2.17. The summed E-state index contributed by atoms with van der Waals surface area (Å²) in [5.41, 5.74) is 5.36. The number of likely N-dealkylation sites (tertiary alicyclic amines) is 1. The summed E-state index contributed by atoms with van der Waals surface area (Å²) in [5.74, 6) is 1.19. The summed E-state index contributed by atoms with van der Waals surface area (Å²) >= 11 is 3.69. The SMILES string of the molecule is CC.CC.Cc1nc2c(cc1Br)CCC1(CCN(Cc3ccccc3)C1)N2Cc1ccccc1. The molecule has 0 radical (unpaired) electrons. The van der Waals surface area contributed by atoms with Crippen LogP contribution < -0.4 is 4.90 Å². The number of aromatic nitrogens is 1. The Kier molecular flexibility index (Phi) is 9.73. The van der Waals surface area contributed by atoms with Crippen LogP contribution in [0.3, 0.4) is 0 Å². The van der Waals surface area contributed by atoms with E-state index in [0.717, 1.165) is 42.8 Å². The van der Waals surface area contributed by atoms with Gasteiger partial charge in [-0.1, -0.05) is 88.4 Å². The minimum absolute atomic E-state index is 0.158. The molecule has 0 bridgehead atoms. The monoisotopic (exact) mass is 521 g/mol. The van der Waals surface area contributed by atoms with Gasteiger partial charge in [-0.15, -0.1) is 0 Å². The van der Waals surface area contributed by atoms with E-state index >= 15 is 0 Å². The van der Waals surface area contributed by atoms with E-state index in [2.05, 4.69) is 99.4 Å². The Morgan fingerprint density at radius 2 is 1.44 bits per heavy atom. The molecule has 0 saturated carbocycles. The summed E-state index contributed by atoms with van der Waals surface area (Å²) in [4.78, 5) is 10.3. The van der Waals surface area contributed by atoms with Gasteiger partial charge >= 0.3 is 0 Å². The smallest absolute Gasteiger partial charge is 0.132 e. The maximum atomic E-state index is 5.08. The molecular weight excluding hydrogens is 482 g/mol. The fraction of sp³-hybridized carbons (Fsp3) is 0.433. The van der Waals surface area contributed by atoms with Crippen molar-refractivity contribution in [2.24, 2.45) is 0 Å². The molecule has 5 rings (SSSR count). The van der Waals surface area contributed by atoms with Crippen molar-refractivity contribution in [1.29, 1.82) is 0 Å². The van der Waals surface area contributed by atoms with E-state index in [1.165, 1.54) is 35.3 Å².